The summed E-state index contributed by atoms with van der Waals surface area (Å²) >= 11 is 0. The largest absolute Gasteiger partial charge is 1.00 e. The second-order valence-corrected chi connectivity index (χ2v) is 3.24. The minimum Gasteiger partial charge on any atom is -0.246 e. The minimum atomic E-state index is -3.85. The summed E-state index contributed by atoms with van der Waals surface area (Å²) in [5.74, 6) is -8.77. The summed E-state index contributed by atoms with van der Waals surface area (Å²) < 4.78 is 65.1. The molecule has 3 nitrogen and oxygen atoms in total. The predicted octanol–water partition coefficient (Wildman–Crippen LogP) is -1.77. The van der Waals surface area contributed by atoms with Crippen molar-refractivity contribution in [1.82, 2.24) is 0 Å². The van der Waals surface area contributed by atoms with E-state index in [1.807, 2.05) is 0 Å². The van der Waals surface area contributed by atoms with Gasteiger partial charge < -0.3 is 0 Å². The van der Waals surface area contributed by atoms with Gasteiger partial charge in [-0.2, -0.15) is 0 Å². The zero-order valence-corrected chi connectivity index (χ0v) is 15.6. The molecule has 0 saturated heterocycles. The first kappa shape index (κ1) is 18.5. The van der Waals surface area contributed by atoms with Crippen molar-refractivity contribution in [2.45, 2.75) is 0 Å². The van der Waals surface area contributed by atoms with Gasteiger partial charge in [0.05, 0.1) is 0 Å². The molecule has 0 aliphatic heterocycles. The quantitative estimate of drug-likeness (QED) is 0.247. The van der Waals surface area contributed by atoms with E-state index < -0.39 is 40.7 Å². The summed E-state index contributed by atoms with van der Waals surface area (Å²) in [7, 11) is 0. The van der Waals surface area contributed by atoms with Crippen molar-refractivity contribution in [2.75, 3.05) is 0 Å². The molecular formula is C9BCsF5N3. The molecule has 0 aromatic heterocycles. The molecule has 0 atom stereocenters. The molecule has 0 radical (unpaired) electrons. The Bertz CT molecular complexity index is 593. The molecule has 0 spiro atoms. The van der Waals surface area contributed by atoms with Crippen LogP contribution in [0.25, 0.3) is 0 Å². The van der Waals surface area contributed by atoms with Crippen LogP contribution in [0.2, 0.25) is 0 Å². The maximum absolute atomic E-state index is 13.3. The van der Waals surface area contributed by atoms with Crippen molar-refractivity contribution in [3.05, 3.63) is 29.1 Å². The number of nitriles is 3. The van der Waals surface area contributed by atoms with Gasteiger partial charge in [-0.05, 0) is 0 Å². The Morgan fingerprint density at radius 1 is 0.632 bits per heavy atom. The van der Waals surface area contributed by atoms with E-state index in [1.54, 1.807) is 0 Å². The van der Waals surface area contributed by atoms with E-state index in [-0.39, 0.29) is 68.9 Å². The monoisotopic (exact) mass is 389 g/mol. The molecule has 90 valence electrons. The molecule has 0 aliphatic rings. The summed E-state index contributed by atoms with van der Waals surface area (Å²) in [5.41, 5.74) is -1.71. The summed E-state index contributed by atoms with van der Waals surface area (Å²) in [6.07, 6.45) is -3.85. The number of hydrogen-bond donors (Lipinski definition) is 0. The molecule has 0 N–H and O–H groups in total. The maximum atomic E-state index is 13.3. The molecule has 0 saturated carbocycles. The van der Waals surface area contributed by atoms with E-state index in [9.17, 15) is 22.0 Å². The third-order valence-corrected chi connectivity index (χ3v) is 2.26. The molecule has 0 fully saturated rings. The molecule has 10 heteroatoms. The second kappa shape index (κ2) is 6.75. The molecule has 0 amide bonds. The number of nitrogens with zero attached hydrogens (tertiary/aromatic N) is 3. The van der Waals surface area contributed by atoms with Gasteiger partial charge >= 0.3 is 75.0 Å². The van der Waals surface area contributed by atoms with E-state index in [0.29, 0.717) is 0 Å². The molecule has 1 aromatic carbocycles. The van der Waals surface area contributed by atoms with Crippen LogP contribution in [0, 0.1) is 62.8 Å². The molecule has 19 heavy (non-hydrogen) atoms. The molecule has 0 unspecified atom stereocenters. The maximum Gasteiger partial charge on any atom is 1.00 e. The van der Waals surface area contributed by atoms with Gasteiger partial charge in [-0.25, -0.2) is 37.7 Å². The summed E-state index contributed by atoms with van der Waals surface area (Å²) in [6.45, 7) is 0. The summed E-state index contributed by atoms with van der Waals surface area (Å²) in [6, 6.07) is 0. The third-order valence-electron chi connectivity index (χ3n) is 2.26. The van der Waals surface area contributed by atoms with Crippen LogP contribution in [-0.2, 0) is 0 Å². The number of rotatable bonds is 1. The van der Waals surface area contributed by atoms with Crippen LogP contribution in [0.3, 0.4) is 0 Å². The van der Waals surface area contributed by atoms with Crippen molar-refractivity contribution in [1.29, 1.82) is 15.8 Å². The van der Waals surface area contributed by atoms with Crippen molar-refractivity contribution >= 4 is 11.6 Å². The fraction of sp³-hybridized carbons (Fsp3) is 0. The van der Waals surface area contributed by atoms with Crippen LogP contribution < -0.4 is 74.4 Å². The van der Waals surface area contributed by atoms with E-state index >= 15 is 0 Å². The van der Waals surface area contributed by atoms with Crippen LogP contribution in [0.1, 0.15) is 0 Å². The Morgan fingerprint density at radius 2 is 0.895 bits per heavy atom. The summed E-state index contributed by atoms with van der Waals surface area (Å²) in [5, 5.41) is 25.8. The standard InChI is InChI=1S/C9BF5N3.Cs/c11-5-4(10(1-16,2-17)3-18)6(12)8(14)9(15)7(5)13;/q-1;+1. The molecule has 1 rings (SSSR count). The number of hydrogen-bond acceptors (Lipinski definition) is 3. The van der Waals surface area contributed by atoms with Gasteiger partial charge in [0.25, 0.3) is 0 Å². The van der Waals surface area contributed by atoms with E-state index in [4.69, 9.17) is 15.8 Å². The number of halogens is 5. The van der Waals surface area contributed by atoms with Gasteiger partial charge in [-0.15, -0.1) is 17.9 Å². The Hall–Kier alpha value is -0.543. The normalized spacial score (nSPS) is 9.79. The van der Waals surface area contributed by atoms with Crippen molar-refractivity contribution in [3.63, 3.8) is 0 Å². The SMILES string of the molecule is N#C[B-](C#N)(C#N)c1c(F)c(F)c(F)c(F)c1F.[Cs+]. The molecule has 1 aromatic rings. The van der Waals surface area contributed by atoms with Gasteiger partial charge in [0.2, 0.25) is 0 Å². The first-order chi connectivity index (χ1) is 8.36. The van der Waals surface area contributed by atoms with Gasteiger partial charge in [0, 0.05) is 0 Å². The third kappa shape index (κ3) is 2.82. The molecule has 0 bridgehead atoms. The first-order valence-electron chi connectivity index (χ1n) is 4.27. The van der Waals surface area contributed by atoms with Crippen molar-refractivity contribution in [3.8, 4) is 17.9 Å². The zero-order valence-electron chi connectivity index (χ0n) is 9.31. The average molecular weight is 389 g/mol. The smallest absolute Gasteiger partial charge is 0.246 e. The fourth-order valence-corrected chi connectivity index (χ4v) is 1.28. The first-order valence-corrected chi connectivity index (χ1v) is 4.27. The van der Waals surface area contributed by atoms with Crippen LogP contribution in [-0.4, -0.2) is 6.15 Å². The van der Waals surface area contributed by atoms with E-state index in [0.717, 1.165) is 17.9 Å². The fourth-order valence-electron chi connectivity index (χ4n) is 1.28. The van der Waals surface area contributed by atoms with E-state index in [2.05, 4.69) is 0 Å². The topological polar surface area (TPSA) is 71.4 Å². The van der Waals surface area contributed by atoms with Gasteiger partial charge in [0.15, 0.2) is 17.5 Å². The average Bonchev–Trinajstić information content (AvgIpc) is 2.39. The Labute approximate surface area is 162 Å². The van der Waals surface area contributed by atoms with Crippen LogP contribution in [0.4, 0.5) is 22.0 Å². The van der Waals surface area contributed by atoms with Crippen molar-refractivity contribution in [2.24, 2.45) is 0 Å². The zero-order chi connectivity index (χ0) is 14.1. The minimum absolute atomic E-state index is 0. The molecular weight excluding hydrogens is 389 g/mol. The van der Waals surface area contributed by atoms with Gasteiger partial charge in [-0.3, -0.25) is 0 Å². The number of benzene rings is 1. The van der Waals surface area contributed by atoms with E-state index in [1.165, 1.54) is 0 Å². The second-order valence-electron chi connectivity index (χ2n) is 3.24. The molecule has 0 aliphatic carbocycles. The van der Waals surface area contributed by atoms with Crippen LogP contribution >= 0.6 is 0 Å². The molecule has 0 heterocycles. The Morgan fingerprint density at radius 3 is 1.16 bits per heavy atom. The Kier molecular flexibility index (Phi) is 6.56. The van der Waals surface area contributed by atoms with Gasteiger partial charge in [0.1, 0.15) is 11.6 Å². The van der Waals surface area contributed by atoms with Crippen molar-refractivity contribution < 1.29 is 90.8 Å². The Balaban J connectivity index is 0.00000324. The van der Waals surface area contributed by atoms with Crippen LogP contribution in [0.5, 0.6) is 0 Å². The van der Waals surface area contributed by atoms with Gasteiger partial charge in [-0.1, -0.05) is 5.46 Å². The van der Waals surface area contributed by atoms with Crippen LogP contribution in [0.15, 0.2) is 0 Å². The summed E-state index contributed by atoms with van der Waals surface area (Å²) in [4.78, 5) is 0. The predicted molar refractivity (Wildman–Crippen MR) is 48.5 cm³/mol.